The summed E-state index contributed by atoms with van der Waals surface area (Å²) in [4.78, 5) is 46.4. The lowest BCUT2D eigenvalue weighted by Gasteiger charge is -2.31. The number of pyridine rings is 1. The fraction of sp³-hybridized carbons (Fsp3) is 0.350. The summed E-state index contributed by atoms with van der Waals surface area (Å²) in [6.45, 7) is 2.64. The molecule has 2 amide bonds. The van der Waals surface area contributed by atoms with Crippen LogP contribution in [0.15, 0.2) is 39.8 Å². The molecular weight excluding hydrogens is 374 g/mol. The van der Waals surface area contributed by atoms with E-state index >= 15 is 0 Å². The molecular formula is C20H21N5O4. The third kappa shape index (κ3) is 3.89. The van der Waals surface area contributed by atoms with E-state index in [9.17, 15) is 14.4 Å². The monoisotopic (exact) mass is 395 g/mol. The van der Waals surface area contributed by atoms with E-state index in [-0.39, 0.29) is 29.4 Å². The number of hydrogen-bond donors (Lipinski definition) is 2. The van der Waals surface area contributed by atoms with Gasteiger partial charge in [0.05, 0.1) is 12.5 Å². The fourth-order valence-corrected chi connectivity index (χ4v) is 3.58. The summed E-state index contributed by atoms with van der Waals surface area (Å²) in [6, 6.07) is 6.96. The van der Waals surface area contributed by atoms with Crippen LogP contribution in [-0.2, 0) is 4.79 Å². The zero-order chi connectivity index (χ0) is 20.4. The highest BCUT2D eigenvalue weighted by Crippen LogP contribution is 2.25. The number of piperidine rings is 1. The molecule has 1 aromatic carbocycles. The van der Waals surface area contributed by atoms with E-state index in [1.165, 1.54) is 6.20 Å². The van der Waals surface area contributed by atoms with Crippen molar-refractivity contribution < 1.29 is 14.1 Å². The van der Waals surface area contributed by atoms with Crippen molar-refractivity contribution in [3.8, 4) is 0 Å². The zero-order valence-electron chi connectivity index (χ0n) is 16.0. The van der Waals surface area contributed by atoms with E-state index in [0.29, 0.717) is 35.7 Å². The molecule has 1 saturated heterocycles. The Kier molecular flexibility index (Phi) is 5.11. The van der Waals surface area contributed by atoms with Gasteiger partial charge >= 0.3 is 0 Å². The quantitative estimate of drug-likeness (QED) is 0.688. The van der Waals surface area contributed by atoms with Gasteiger partial charge in [0.15, 0.2) is 5.82 Å². The predicted molar refractivity (Wildman–Crippen MR) is 104 cm³/mol. The Labute approximate surface area is 166 Å². The maximum atomic E-state index is 12.6. The molecule has 29 heavy (non-hydrogen) atoms. The number of carbonyl (C=O) groups is 2. The highest BCUT2D eigenvalue weighted by Gasteiger charge is 2.28. The number of aromatic amines is 1. The SMILES string of the molecule is Cc1noc(C2CCCN(C(=O)CNC(=O)c3c[nH]c4ccccc4c3=O)C2)n1. The summed E-state index contributed by atoms with van der Waals surface area (Å²) in [5.41, 5.74) is 0.268. The van der Waals surface area contributed by atoms with Crippen molar-refractivity contribution in [2.75, 3.05) is 19.6 Å². The van der Waals surface area contributed by atoms with Gasteiger partial charge < -0.3 is 19.7 Å². The summed E-state index contributed by atoms with van der Waals surface area (Å²) in [7, 11) is 0. The van der Waals surface area contributed by atoms with Gasteiger partial charge in [0, 0.05) is 30.2 Å². The maximum Gasteiger partial charge on any atom is 0.257 e. The minimum atomic E-state index is -0.577. The lowest BCUT2D eigenvalue weighted by molar-refractivity contribution is -0.131. The summed E-state index contributed by atoms with van der Waals surface area (Å²) in [5, 5.41) is 6.79. The number of amides is 2. The van der Waals surface area contributed by atoms with Crippen LogP contribution in [0.2, 0.25) is 0 Å². The summed E-state index contributed by atoms with van der Waals surface area (Å²) in [5.74, 6) is 0.305. The second-order valence-electron chi connectivity index (χ2n) is 7.12. The molecule has 0 saturated carbocycles. The van der Waals surface area contributed by atoms with Gasteiger partial charge in [-0.25, -0.2) is 0 Å². The Morgan fingerprint density at radius 1 is 1.34 bits per heavy atom. The third-order valence-corrected chi connectivity index (χ3v) is 5.10. The van der Waals surface area contributed by atoms with Gasteiger partial charge in [-0.2, -0.15) is 4.98 Å². The lowest BCUT2D eigenvalue weighted by atomic mass is 9.98. The van der Waals surface area contributed by atoms with Crippen molar-refractivity contribution in [3.05, 3.63) is 58.0 Å². The van der Waals surface area contributed by atoms with Gasteiger partial charge in [0.2, 0.25) is 17.2 Å². The van der Waals surface area contributed by atoms with Crippen LogP contribution in [-0.4, -0.2) is 51.5 Å². The molecule has 3 heterocycles. The molecule has 150 valence electrons. The largest absolute Gasteiger partial charge is 0.360 e. The highest BCUT2D eigenvalue weighted by molar-refractivity contribution is 5.98. The first-order valence-electron chi connectivity index (χ1n) is 9.49. The first-order chi connectivity index (χ1) is 14.0. The molecule has 0 radical (unpaired) electrons. The van der Waals surface area contributed by atoms with Gasteiger partial charge in [0.1, 0.15) is 5.56 Å². The number of nitrogens with zero attached hydrogens (tertiary/aromatic N) is 3. The highest BCUT2D eigenvalue weighted by atomic mass is 16.5. The van der Waals surface area contributed by atoms with Crippen LogP contribution in [0.5, 0.6) is 0 Å². The maximum absolute atomic E-state index is 12.6. The summed E-state index contributed by atoms with van der Waals surface area (Å²) < 4.78 is 5.23. The molecule has 1 fully saturated rings. The van der Waals surface area contributed by atoms with Crippen LogP contribution in [0.4, 0.5) is 0 Å². The van der Waals surface area contributed by atoms with Crippen LogP contribution in [0.25, 0.3) is 10.9 Å². The van der Waals surface area contributed by atoms with Crippen LogP contribution < -0.4 is 10.7 Å². The van der Waals surface area contributed by atoms with Crippen LogP contribution in [0, 0.1) is 6.92 Å². The number of hydrogen-bond acceptors (Lipinski definition) is 6. The fourth-order valence-electron chi connectivity index (χ4n) is 3.58. The molecule has 0 bridgehead atoms. The van der Waals surface area contributed by atoms with Gasteiger partial charge in [-0.05, 0) is 31.9 Å². The van der Waals surface area contributed by atoms with Gasteiger partial charge in [-0.1, -0.05) is 17.3 Å². The van der Waals surface area contributed by atoms with Crippen molar-refractivity contribution in [3.63, 3.8) is 0 Å². The smallest absolute Gasteiger partial charge is 0.257 e. The van der Waals surface area contributed by atoms with Crippen molar-refractivity contribution in [1.82, 2.24) is 25.3 Å². The Bertz CT molecular complexity index is 1120. The van der Waals surface area contributed by atoms with Crippen molar-refractivity contribution in [2.24, 2.45) is 0 Å². The predicted octanol–water partition coefficient (Wildman–Crippen LogP) is 1.36. The topological polar surface area (TPSA) is 121 Å². The first kappa shape index (κ1) is 18.9. The number of benzene rings is 1. The normalized spacial score (nSPS) is 16.7. The number of carbonyl (C=O) groups excluding carboxylic acids is 2. The number of aromatic nitrogens is 3. The Morgan fingerprint density at radius 3 is 2.97 bits per heavy atom. The lowest BCUT2D eigenvalue weighted by Crippen LogP contribution is -2.45. The molecule has 1 aliphatic heterocycles. The first-order valence-corrected chi connectivity index (χ1v) is 9.49. The van der Waals surface area contributed by atoms with E-state index in [0.717, 1.165) is 12.8 Å². The molecule has 1 unspecified atom stereocenters. The number of H-pyrrole nitrogens is 1. The molecule has 1 atom stereocenters. The van der Waals surface area contributed by atoms with E-state index in [4.69, 9.17) is 4.52 Å². The van der Waals surface area contributed by atoms with Crippen molar-refractivity contribution in [1.29, 1.82) is 0 Å². The molecule has 9 heteroatoms. The minimum absolute atomic E-state index is 0.00654. The van der Waals surface area contributed by atoms with Crippen LogP contribution in [0.1, 0.15) is 40.8 Å². The van der Waals surface area contributed by atoms with E-state index in [2.05, 4.69) is 20.4 Å². The average Bonchev–Trinajstić information content (AvgIpc) is 3.19. The number of para-hydroxylation sites is 1. The standard InChI is InChI=1S/C20H21N5O4/c1-12-23-20(29-24-12)13-5-4-8-25(11-13)17(26)10-22-19(28)15-9-21-16-7-3-2-6-14(16)18(15)27/h2-3,6-7,9,13H,4-5,8,10-11H2,1H3,(H,21,27)(H,22,28). The zero-order valence-corrected chi connectivity index (χ0v) is 16.0. The van der Waals surface area contributed by atoms with Gasteiger partial charge in [0.25, 0.3) is 5.91 Å². The number of nitrogens with one attached hydrogen (secondary N) is 2. The molecule has 2 N–H and O–H groups in total. The van der Waals surface area contributed by atoms with Crippen LogP contribution >= 0.6 is 0 Å². The number of fused-ring (bicyclic) bond motifs is 1. The van der Waals surface area contributed by atoms with Crippen molar-refractivity contribution in [2.45, 2.75) is 25.7 Å². The third-order valence-electron chi connectivity index (χ3n) is 5.10. The molecule has 4 rings (SSSR count). The van der Waals surface area contributed by atoms with E-state index < -0.39 is 5.91 Å². The van der Waals surface area contributed by atoms with Crippen LogP contribution in [0.3, 0.4) is 0 Å². The van der Waals surface area contributed by atoms with Crippen molar-refractivity contribution >= 4 is 22.7 Å². The van der Waals surface area contributed by atoms with Gasteiger partial charge in [-0.3, -0.25) is 14.4 Å². The molecule has 1 aliphatic rings. The molecule has 2 aromatic heterocycles. The number of likely N-dealkylation sites (tertiary alicyclic amines) is 1. The Hall–Kier alpha value is -3.49. The molecule has 3 aromatic rings. The second-order valence-corrected chi connectivity index (χ2v) is 7.12. The summed E-state index contributed by atoms with van der Waals surface area (Å²) >= 11 is 0. The van der Waals surface area contributed by atoms with E-state index in [1.807, 2.05) is 0 Å². The minimum Gasteiger partial charge on any atom is -0.360 e. The second kappa shape index (κ2) is 7.86. The molecule has 0 aliphatic carbocycles. The number of rotatable bonds is 4. The number of aryl methyl sites for hydroxylation is 1. The Balaban J connectivity index is 1.40. The Morgan fingerprint density at radius 2 is 2.17 bits per heavy atom. The van der Waals surface area contributed by atoms with E-state index in [1.54, 1.807) is 36.1 Å². The molecule has 0 spiro atoms. The average molecular weight is 395 g/mol. The summed E-state index contributed by atoms with van der Waals surface area (Å²) in [6.07, 6.45) is 3.06. The van der Waals surface area contributed by atoms with Gasteiger partial charge in [-0.15, -0.1) is 0 Å². The molecule has 9 nitrogen and oxygen atoms in total.